The molecule has 4 rings (SSSR count). The van der Waals surface area contributed by atoms with E-state index in [-0.39, 0.29) is 24.2 Å². The molecule has 0 saturated heterocycles. The zero-order valence-corrected chi connectivity index (χ0v) is 17.7. The van der Waals surface area contributed by atoms with Crippen LogP contribution in [0.2, 0.25) is 0 Å². The Morgan fingerprint density at radius 2 is 2.07 bits per heavy atom. The van der Waals surface area contributed by atoms with Crippen LogP contribution in [0.15, 0.2) is 47.1 Å². The summed E-state index contributed by atoms with van der Waals surface area (Å²) in [6.07, 6.45) is 2.10. The number of benzene rings is 1. The highest BCUT2D eigenvalue weighted by Crippen LogP contribution is 2.29. The monoisotopic (exact) mass is 425 g/mol. The molecule has 0 radical (unpaired) electrons. The van der Waals surface area contributed by atoms with Crippen LogP contribution >= 0.6 is 11.3 Å². The molecule has 0 unspecified atom stereocenters. The molecule has 0 aliphatic carbocycles. The molecule has 2 aromatic heterocycles. The number of carbonyl (C=O) groups is 2. The molecule has 7 nitrogen and oxygen atoms in total. The first-order valence-electron chi connectivity index (χ1n) is 9.83. The van der Waals surface area contributed by atoms with E-state index in [1.54, 1.807) is 17.0 Å². The van der Waals surface area contributed by atoms with E-state index in [0.29, 0.717) is 36.3 Å². The number of nitrogens with zero attached hydrogens (tertiary/aromatic N) is 2. The van der Waals surface area contributed by atoms with Crippen molar-refractivity contribution in [2.75, 3.05) is 18.5 Å². The molecule has 1 aliphatic heterocycles. The highest BCUT2D eigenvalue weighted by molar-refractivity contribution is 7.15. The molecule has 0 saturated carbocycles. The van der Waals surface area contributed by atoms with E-state index in [9.17, 15) is 9.59 Å². The van der Waals surface area contributed by atoms with Gasteiger partial charge in [0.15, 0.2) is 17.5 Å². The number of nitrogens with one attached hydrogen (secondary N) is 1. The molecule has 3 aromatic rings. The van der Waals surface area contributed by atoms with Crippen molar-refractivity contribution in [3.05, 3.63) is 64.6 Å². The smallest absolute Gasteiger partial charge is 0.293 e. The van der Waals surface area contributed by atoms with Crippen LogP contribution in [-0.4, -0.2) is 34.8 Å². The van der Waals surface area contributed by atoms with Gasteiger partial charge in [0, 0.05) is 17.8 Å². The molecule has 30 heavy (non-hydrogen) atoms. The number of ether oxygens (including phenoxy) is 1. The maximum absolute atomic E-state index is 12.6. The lowest BCUT2D eigenvalue weighted by atomic mass is 10.0. The zero-order chi connectivity index (χ0) is 21.1. The van der Waals surface area contributed by atoms with Gasteiger partial charge in [-0.2, -0.15) is 0 Å². The van der Waals surface area contributed by atoms with Crippen molar-refractivity contribution >= 4 is 28.3 Å². The molecule has 0 atom stereocenters. The highest BCUT2D eigenvalue weighted by atomic mass is 32.1. The Balaban J connectivity index is 1.32. The van der Waals surface area contributed by atoms with Gasteiger partial charge < -0.3 is 14.1 Å². The van der Waals surface area contributed by atoms with E-state index in [0.717, 1.165) is 10.6 Å². The fraction of sp³-hybridized carbons (Fsp3) is 0.318. The number of fused-ring (bicyclic) bond motifs is 1. The SMILES string of the molecule is CC(C)c1ccc(OCC(=O)N2CCc3nc(NC(=O)c4ccco4)sc3C2)cc1. The minimum Gasteiger partial charge on any atom is -0.484 e. The minimum absolute atomic E-state index is 0.00273. The lowest BCUT2D eigenvalue weighted by Gasteiger charge is -2.26. The van der Waals surface area contributed by atoms with E-state index in [4.69, 9.17) is 9.15 Å². The van der Waals surface area contributed by atoms with Crippen molar-refractivity contribution in [2.45, 2.75) is 32.7 Å². The molecular weight excluding hydrogens is 402 g/mol. The number of anilines is 1. The first-order valence-corrected chi connectivity index (χ1v) is 10.6. The third-order valence-corrected chi connectivity index (χ3v) is 5.96. The van der Waals surface area contributed by atoms with Gasteiger partial charge in [-0.3, -0.25) is 14.9 Å². The lowest BCUT2D eigenvalue weighted by Crippen LogP contribution is -2.38. The predicted molar refractivity (Wildman–Crippen MR) is 114 cm³/mol. The van der Waals surface area contributed by atoms with Crippen LogP contribution in [0.5, 0.6) is 5.75 Å². The van der Waals surface area contributed by atoms with Crippen LogP contribution < -0.4 is 10.1 Å². The zero-order valence-electron chi connectivity index (χ0n) is 16.9. The van der Waals surface area contributed by atoms with Gasteiger partial charge in [0.2, 0.25) is 0 Å². The second-order valence-corrected chi connectivity index (χ2v) is 8.48. The van der Waals surface area contributed by atoms with Crippen molar-refractivity contribution in [2.24, 2.45) is 0 Å². The van der Waals surface area contributed by atoms with Crippen LogP contribution in [0.25, 0.3) is 0 Å². The van der Waals surface area contributed by atoms with Gasteiger partial charge in [0.25, 0.3) is 11.8 Å². The number of rotatable bonds is 6. The molecule has 1 aliphatic rings. The predicted octanol–water partition coefficient (Wildman–Crippen LogP) is 4.08. The Morgan fingerprint density at radius 1 is 1.27 bits per heavy atom. The van der Waals surface area contributed by atoms with E-state index in [2.05, 4.69) is 24.1 Å². The largest absolute Gasteiger partial charge is 0.484 e. The number of amides is 2. The Kier molecular flexibility index (Phi) is 5.85. The third-order valence-electron chi connectivity index (χ3n) is 4.96. The Labute approximate surface area is 178 Å². The Morgan fingerprint density at radius 3 is 2.77 bits per heavy atom. The lowest BCUT2D eigenvalue weighted by molar-refractivity contribution is -0.134. The average molecular weight is 426 g/mol. The fourth-order valence-electron chi connectivity index (χ4n) is 3.21. The van der Waals surface area contributed by atoms with E-state index < -0.39 is 0 Å². The summed E-state index contributed by atoms with van der Waals surface area (Å²) in [7, 11) is 0. The van der Waals surface area contributed by atoms with Crippen LogP contribution in [0.4, 0.5) is 5.13 Å². The molecule has 0 spiro atoms. The van der Waals surface area contributed by atoms with Gasteiger partial charge in [0.1, 0.15) is 5.75 Å². The van der Waals surface area contributed by atoms with Gasteiger partial charge in [-0.1, -0.05) is 37.3 Å². The van der Waals surface area contributed by atoms with Gasteiger partial charge in [0.05, 0.1) is 18.5 Å². The average Bonchev–Trinajstić information content (AvgIpc) is 3.41. The summed E-state index contributed by atoms with van der Waals surface area (Å²) in [6, 6.07) is 11.1. The second kappa shape index (κ2) is 8.71. The van der Waals surface area contributed by atoms with Gasteiger partial charge >= 0.3 is 0 Å². The van der Waals surface area contributed by atoms with E-state index >= 15 is 0 Å². The van der Waals surface area contributed by atoms with Crippen LogP contribution in [0.3, 0.4) is 0 Å². The molecule has 0 bridgehead atoms. The first kappa shape index (κ1) is 20.2. The standard InChI is InChI=1S/C22H23N3O4S/c1-14(2)15-5-7-16(8-6-15)29-13-20(26)25-10-9-17-19(12-25)30-22(23-17)24-21(27)18-4-3-11-28-18/h3-8,11,14H,9-10,12-13H2,1-2H3,(H,23,24,27). The normalized spacial score (nSPS) is 13.2. The Bertz CT molecular complexity index is 1030. The number of carbonyl (C=O) groups excluding carboxylic acids is 2. The summed E-state index contributed by atoms with van der Waals surface area (Å²) in [5, 5.41) is 3.26. The molecule has 1 N–H and O–H groups in total. The molecule has 3 heterocycles. The third kappa shape index (κ3) is 4.54. The van der Waals surface area contributed by atoms with Crippen LogP contribution in [0.1, 0.15) is 46.5 Å². The summed E-state index contributed by atoms with van der Waals surface area (Å²) >= 11 is 1.38. The maximum atomic E-state index is 12.6. The second-order valence-electron chi connectivity index (χ2n) is 7.40. The van der Waals surface area contributed by atoms with E-state index in [1.807, 2.05) is 24.3 Å². The van der Waals surface area contributed by atoms with Crippen molar-refractivity contribution in [3.8, 4) is 5.75 Å². The quantitative estimate of drug-likeness (QED) is 0.643. The number of thiazole rings is 1. The highest BCUT2D eigenvalue weighted by Gasteiger charge is 2.25. The van der Waals surface area contributed by atoms with Crippen molar-refractivity contribution < 1.29 is 18.7 Å². The molecular formula is C22H23N3O4S. The summed E-state index contributed by atoms with van der Waals surface area (Å²) < 4.78 is 10.8. The number of hydrogen-bond acceptors (Lipinski definition) is 6. The Hall–Kier alpha value is -3.13. The summed E-state index contributed by atoms with van der Waals surface area (Å²) in [4.78, 5) is 31.9. The number of hydrogen-bond donors (Lipinski definition) is 1. The number of aromatic nitrogens is 1. The number of furan rings is 1. The summed E-state index contributed by atoms with van der Waals surface area (Å²) in [5.41, 5.74) is 2.15. The first-order chi connectivity index (χ1) is 14.5. The molecule has 8 heteroatoms. The molecule has 0 fully saturated rings. The molecule has 1 aromatic carbocycles. The summed E-state index contributed by atoms with van der Waals surface area (Å²) in [5.74, 6) is 0.972. The topological polar surface area (TPSA) is 84.7 Å². The fourth-order valence-corrected chi connectivity index (χ4v) is 4.23. The van der Waals surface area contributed by atoms with Crippen LogP contribution in [-0.2, 0) is 17.8 Å². The van der Waals surface area contributed by atoms with Crippen molar-refractivity contribution in [1.82, 2.24) is 9.88 Å². The van der Waals surface area contributed by atoms with Gasteiger partial charge in [-0.15, -0.1) is 0 Å². The summed E-state index contributed by atoms with van der Waals surface area (Å²) in [6.45, 7) is 5.32. The van der Waals surface area contributed by atoms with Gasteiger partial charge in [-0.05, 0) is 35.7 Å². The van der Waals surface area contributed by atoms with Crippen molar-refractivity contribution in [3.63, 3.8) is 0 Å². The van der Waals surface area contributed by atoms with Gasteiger partial charge in [-0.25, -0.2) is 4.98 Å². The maximum Gasteiger partial charge on any atom is 0.293 e. The van der Waals surface area contributed by atoms with E-state index in [1.165, 1.54) is 23.2 Å². The minimum atomic E-state index is -0.337. The van der Waals surface area contributed by atoms with Crippen LogP contribution in [0, 0.1) is 0 Å². The van der Waals surface area contributed by atoms with Crippen molar-refractivity contribution in [1.29, 1.82) is 0 Å². The molecule has 156 valence electrons. The molecule has 2 amide bonds.